The highest BCUT2D eigenvalue weighted by molar-refractivity contribution is 8.00. The van der Waals surface area contributed by atoms with E-state index in [-0.39, 0.29) is 16.6 Å². The van der Waals surface area contributed by atoms with Crippen molar-refractivity contribution in [2.24, 2.45) is 0 Å². The van der Waals surface area contributed by atoms with Gasteiger partial charge < -0.3 is 10.1 Å². The summed E-state index contributed by atoms with van der Waals surface area (Å²) < 4.78 is 32.9. The summed E-state index contributed by atoms with van der Waals surface area (Å²) >= 11 is 1.48. The van der Waals surface area contributed by atoms with Crippen molar-refractivity contribution in [3.63, 3.8) is 0 Å². The smallest absolute Gasteiger partial charge is 0.243 e. The van der Waals surface area contributed by atoms with E-state index >= 15 is 0 Å². The van der Waals surface area contributed by atoms with E-state index in [0.29, 0.717) is 24.5 Å². The minimum Gasteiger partial charge on any atom is -0.495 e. The average Bonchev–Trinajstić information content (AvgIpc) is 3.26. The Hall–Kier alpha value is -2.03. The van der Waals surface area contributed by atoms with E-state index in [1.165, 1.54) is 52.9 Å². The number of ether oxygens (including phenoxy) is 1. The number of methoxy groups -OCH3 is 1. The number of thioether (sulfide) groups is 1. The third-order valence-corrected chi connectivity index (χ3v) is 8.73. The maximum absolute atomic E-state index is 13.0. The molecule has 6 nitrogen and oxygen atoms in total. The molecule has 166 valence electrons. The first-order chi connectivity index (χ1) is 15.0. The average molecular weight is 461 g/mol. The fourth-order valence-corrected chi connectivity index (χ4v) is 6.48. The molecular formula is C23H28N2O4S2. The Bertz CT molecular complexity index is 1060. The van der Waals surface area contributed by atoms with Crippen LogP contribution in [0.15, 0.2) is 46.2 Å². The van der Waals surface area contributed by atoms with Gasteiger partial charge in [-0.2, -0.15) is 4.31 Å². The number of anilines is 1. The number of hydrogen-bond acceptors (Lipinski definition) is 5. The van der Waals surface area contributed by atoms with Crippen molar-refractivity contribution in [3.05, 3.63) is 47.5 Å². The van der Waals surface area contributed by atoms with Gasteiger partial charge in [-0.25, -0.2) is 8.42 Å². The second-order valence-corrected chi connectivity index (χ2v) is 10.9. The summed E-state index contributed by atoms with van der Waals surface area (Å²) in [4.78, 5) is 13.9. The van der Waals surface area contributed by atoms with Crippen molar-refractivity contribution in [2.45, 2.75) is 48.3 Å². The molecule has 4 rings (SSSR count). The van der Waals surface area contributed by atoms with E-state index in [2.05, 4.69) is 23.5 Å². The second kappa shape index (κ2) is 9.63. The lowest BCUT2D eigenvalue weighted by Gasteiger charge is -2.26. The summed E-state index contributed by atoms with van der Waals surface area (Å²) in [6, 6.07) is 11.0. The van der Waals surface area contributed by atoms with Gasteiger partial charge in [-0.05, 0) is 73.6 Å². The number of nitrogens with zero attached hydrogens (tertiary/aromatic N) is 1. The highest BCUT2D eigenvalue weighted by atomic mass is 32.2. The van der Waals surface area contributed by atoms with Gasteiger partial charge in [-0.3, -0.25) is 4.79 Å². The molecule has 31 heavy (non-hydrogen) atoms. The van der Waals surface area contributed by atoms with E-state index < -0.39 is 10.0 Å². The van der Waals surface area contributed by atoms with Gasteiger partial charge in [0.1, 0.15) is 5.75 Å². The molecule has 8 heteroatoms. The summed E-state index contributed by atoms with van der Waals surface area (Å²) in [5.41, 5.74) is 3.16. The van der Waals surface area contributed by atoms with E-state index in [1.54, 1.807) is 6.07 Å². The van der Waals surface area contributed by atoms with Crippen molar-refractivity contribution in [3.8, 4) is 5.75 Å². The van der Waals surface area contributed by atoms with Crippen LogP contribution >= 0.6 is 11.8 Å². The summed E-state index contributed by atoms with van der Waals surface area (Å²) in [6.45, 7) is 1.07. The van der Waals surface area contributed by atoms with Crippen LogP contribution < -0.4 is 10.1 Å². The Labute approximate surface area is 188 Å². The Kier molecular flexibility index (Phi) is 6.89. The zero-order valence-corrected chi connectivity index (χ0v) is 19.4. The van der Waals surface area contributed by atoms with Crippen LogP contribution in [-0.2, 0) is 27.7 Å². The first-order valence-corrected chi connectivity index (χ1v) is 13.1. The molecule has 1 fully saturated rings. The number of benzene rings is 2. The normalized spacial score (nSPS) is 16.7. The van der Waals surface area contributed by atoms with E-state index in [0.717, 1.165) is 37.0 Å². The predicted octanol–water partition coefficient (Wildman–Crippen LogP) is 4.09. The predicted molar refractivity (Wildman–Crippen MR) is 123 cm³/mol. The standard InChI is InChI=1S/C23H28N2O4S2/c1-29-22-11-10-20(31(27,28)25-12-3-2-4-13-25)15-21(22)24-23(26)16-30-19-9-8-17-6-5-7-18(17)14-19/h8-11,14-15H,2-7,12-13,16H2,1H3,(H,24,26). The molecule has 2 aromatic rings. The molecule has 0 radical (unpaired) electrons. The topological polar surface area (TPSA) is 75.7 Å². The van der Waals surface area contributed by atoms with Crippen molar-refractivity contribution >= 4 is 33.4 Å². The van der Waals surface area contributed by atoms with E-state index in [1.807, 2.05) is 0 Å². The first kappa shape index (κ1) is 22.2. The highest BCUT2D eigenvalue weighted by Crippen LogP contribution is 2.31. The highest BCUT2D eigenvalue weighted by Gasteiger charge is 2.27. The zero-order valence-electron chi connectivity index (χ0n) is 17.7. The lowest BCUT2D eigenvalue weighted by atomic mass is 10.1. The van der Waals surface area contributed by atoms with Gasteiger partial charge in [0, 0.05) is 18.0 Å². The fourth-order valence-electron chi connectivity index (χ4n) is 4.17. The van der Waals surface area contributed by atoms with Gasteiger partial charge in [-0.1, -0.05) is 12.5 Å². The van der Waals surface area contributed by atoms with Gasteiger partial charge >= 0.3 is 0 Å². The van der Waals surface area contributed by atoms with Crippen LogP contribution in [0.4, 0.5) is 5.69 Å². The number of carbonyl (C=O) groups is 1. The fraction of sp³-hybridized carbons (Fsp3) is 0.435. The SMILES string of the molecule is COc1ccc(S(=O)(=O)N2CCCCC2)cc1NC(=O)CSc1ccc2c(c1)CCC2. The van der Waals surface area contributed by atoms with Gasteiger partial charge in [0.05, 0.1) is 23.4 Å². The van der Waals surface area contributed by atoms with E-state index in [4.69, 9.17) is 4.74 Å². The molecular weight excluding hydrogens is 432 g/mol. The Morgan fingerprint density at radius 1 is 1.03 bits per heavy atom. The third kappa shape index (κ3) is 5.07. The monoisotopic (exact) mass is 460 g/mol. The van der Waals surface area contributed by atoms with Crippen LogP contribution in [-0.4, -0.2) is 44.6 Å². The summed E-state index contributed by atoms with van der Waals surface area (Å²) in [5.74, 6) is 0.482. The largest absolute Gasteiger partial charge is 0.495 e. The first-order valence-electron chi connectivity index (χ1n) is 10.7. The molecule has 0 atom stereocenters. The summed E-state index contributed by atoms with van der Waals surface area (Å²) in [5, 5.41) is 2.83. The molecule has 0 bridgehead atoms. The maximum Gasteiger partial charge on any atom is 0.243 e. The molecule has 0 unspecified atom stereocenters. The number of amides is 1. The number of rotatable bonds is 7. The second-order valence-electron chi connectivity index (χ2n) is 7.95. The Morgan fingerprint density at radius 3 is 2.58 bits per heavy atom. The van der Waals surface area contributed by atoms with Crippen LogP contribution in [0, 0.1) is 0 Å². The van der Waals surface area contributed by atoms with Crippen LogP contribution in [0.5, 0.6) is 5.75 Å². The molecule has 1 amide bonds. The van der Waals surface area contributed by atoms with Gasteiger partial charge in [-0.15, -0.1) is 11.8 Å². The number of sulfonamides is 1. The van der Waals surface area contributed by atoms with Gasteiger partial charge in [0.25, 0.3) is 0 Å². The Balaban J connectivity index is 1.45. The van der Waals surface area contributed by atoms with Gasteiger partial charge in [0.2, 0.25) is 15.9 Å². The number of hydrogen-bond donors (Lipinski definition) is 1. The van der Waals surface area contributed by atoms with Crippen LogP contribution in [0.25, 0.3) is 0 Å². The minimum atomic E-state index is -3.59. The van der Waals surface area contributed by atoms with Gasteiger partial charge in [0.15, 0.2) is 0 Å². The van der Waals surface area contributed by atoms with Crippen molar-refractivity contribution in [1.82, 2.24) is 4.31 Å². The molecule has 2 aromatic carbocycles. The van der Waals surface area contributed by atoms with Crippen molar-refractivity contribution in [2.75, 3.05) is 31.3 Å². The number of nitrogens with one attached hydrogen (secondary N) is 1. The number of fused-ring (bicyclic) bond motifs is 1. The maximum atomic E-state index is 13.0. The molecule has 0 spiro atoms. The lowest BCUT2D eigenvalue weighted by molar-refractivity contribution is -0.113. The van der Waals surface area contributed by atoms with E-state index in [9.17, 15) is 13.2 Å². The van der Waals surface area contributed by atoms with Crippen LogP contribution in [0.3, 0.4) is 0 Å². The molecule has 1 aliphatic carbocycles. The van der Waals surface area contributed by atoms with Crippen LogP contribution in [0.1, 0.15) is 36.8 Å². The third-order valence-electron chi connectivity index (χ3n) is 5.84. The number of carbonyl (C=O) groups excluding carboxylic acids is 1. The number of aryl methyl sites for hydroxylation is 2. The Morgan fingerprint density at radius 2 is 1.81 bits per heavy atom. The molecule has 1 N–H and O–H groups in total. The zero-order chi connectivity index (χ0) is 21.8. The lowest BCUT2D eigenvalue weighted by Crippen LogP contribution is -2.35. The number of piperidine rings is 1. The van der Waals surface area contributed by atoms with Crippen molar-refractivity contribution < 1.29 is 17.9 Å². The molecule has 1 heterocycles. The van der Waals surface area contributed by atoms with Crippen LogP contribution in [0.2, 0.25) is 0 Å². The molecule has 1 saturated heterocycles. The minimum absolute atomic E-state index is 0.178. The summed E-state index contributed by atoms with van der Waals surface area (Å²) in [6.07, 6.45) is 6.23. The molecule has 1 aliphatic heterocycles. The van der Waals surface area contributed by atoms with Crippen molar-refractivity contribution in [1.29, 1.82) is 0 Å². The molecule has 0 saturated carbocycles. The molecule has 2 aliphatic rings. The quantitative estimate of drug-likeness (QED) is 0.630. The molecule has 0 aromatic heterocycles. The summed E-state index contributed by atoms with van der Waals surface area (Å²) in [7, 11) is -2.08.